The average Bonchev–Trinajstić information content (AvgIpc) is 2.57. The second-order valence-corrected chi connectivity index (χ2v) is 3.63. The summed E-state index contributed by atoms with van der Waals surface area (Å²) < 4.78 is 39.6. The van der Waals surface area contributed by atoms with Crippen LogP contribution in [0, 0.1) is 11.6 Å². The topological polar surface area (TPSA) is 38.1 Å². The Labute approximate surface area is 93.3 Å². The molecule has 0 saturated heterocycles. The van der Waals surface area contributed by atoms with Gasteiger partial charge in [0.1, 0.15) is 11.3 Å². The van der Waals surface area contributed by atoms with Crippen LogP contribution in [0.25, 0.3) is 10.9 Å². The summed E-state index contributed by atoms with van der Waals surface area (Å²) in [6.45, 7) is -0.221. The number of rotatable bonds is 3. The van der Waals surface area contributed by atoms with Crippen LogP contribution in [0.4, 0.5) is 12.7 Å². The zero-order chi connectivity index (χ0) is 11.7. The van der Waals surface area contributed by atoms with Gasteiger partial charge in [0.2, 0.25) is 0 Å². The Kier molecular flexibility index (Phi) is 3.06. The maximum absolute atomic E-state index is 13.4. The third kappa shape index (κ3) is 1.76. The number of hydrogen-bond acceptors (Lipinski definition) is 3. The molecule has 0 saturated carbocycles. The molecule has 1 N–H and O–H groups in total. The molecule has 0 fully saturated rings. The van der Waals surface area contributed by atoms with Gasteiger partial charge < -0.3 is 5.11 Å². The highest BCUT2D eigenvalue weighted by Gasteiger charge is 2.16. The van der Waals surface area contributed by atoms with E-state index in [-0.39, 0.29) is 42.0 Å². The van der Waals surface area contributed by atoms with Gasteiger partial charge in [-0.2, -0.15) is 9.19 Å². The summed E-state index contributed by atoms with van der Waals surface area (Å²) in [5.41, 5.74) is 0.151. The minimum atomic E-state index is -0.878. The summed E-state index contributed by atoms with van der Waals surface area (Å²) >= 11 is -0.274. The van der Waals surface area contributed by atoms with Crippen LogP contribution in [0.3, 0.4) is 0 Å². The number of benzene rings is 1. The summed E-state index contributed by atoms with van der Waals surface area (Å²) in [5.74, 6) is -1.63. The Bertz CT molecular complexity index is 529. The molecule has 2 aromatic rings. The number of hydrogen-bond donors (Lipinski definition) is 1. The molecule has 0 aliphatic rings. The molecule has 0 unspecified atom stereocenters. The van der Waals surface area contributed by atoms with E-state index in [1.807, 2.05) is 0 Å². The summed E-state index contributed by atoms with van der Waals surface area (Å²) in [6, 6.07) is 1.74. The quantitative estimate of drug-likeness (QED) is 0.905. The van der Waals surface area contributed by atoms with Crippen molar-refractivity contribution in [3.8, 4) is 0 Å². The number of aliphatic hydroxyl groups excluding tert-OH is 1. The maximum atomic E-state index is 13.4. The summed E-state index contributed by atoms with van der Waals surface area (Å²) in [5, 5.41) is 12.7. The first kappa shape index (κ1) is 11.3. The lowest BCUT2D eigenvalue weighted by molar-refractivity contribution is 0.298. The highest BCUT2D eigenvalue weighted by atomic mass is 32.2. The van der Waals surface area contributed by atoms with Crippen molar-refractivity contribution < 1.29 is 17.8 Å². The van der Waals surface area contributed by atoms with Gasteiger partial charge in [0.15, 0.2) is 18.2 Å². The highest BCUT2D eigenvalue weighted by molar-refractivity contribution is 7.92. The zero-order valence-electron chi connectivity index (χ0n) is 7.95. The number of aromatic nitrogens is 2. The largest absolute Gasteiger partial charge is 0.396 e. The number of nitrogens with zero attached hydrogens (tertiary/aromatic N) is 2. The van der Waals surface area contributed by atoms with Gasteiger partial charge in [0, 0.05) is 24.5 Å². The van der Waals surface area contributed by atoms with E-state index < -0.39 is 11.6 Å². The van der Waals surface area contributed by atoms with Crippen LogP contribution in [-0.4, -0.2) is 20.9 Å². The Hall–Kier alpha value is -1.21. The number of halogens is 3. The van der Waals surface area contributed by atoms with Gasteiger partial charge >= 0.3 is 0 Å². The van der Waals surface area contributed by atoms with Crippen molar-refractivity contribution in [3.63, 3.8) is 0 Å². The van der Waals surface area contributed by atoms with E-state index in [9.17, 15) is 12.7 Å². The van der Waals surface area contributed by atoms with Crippen LogP contribution in [0.15, 0.2) is 12.1 Å². The zero-order valence-corrected chi connectivity index (χ0v) is 8.77. The predicted octanol–water partition coefficient (Wildman–Crippen LogP) is 2.23. The van der Waals surface area contributed by atoms with Crippen molar-refractivity contribution in [2.75, 3.05) is 6.61 Å². The average molecular weight is 248 g/mol. The lowest BCUT2D eigenvalue weighted by Crippen LogP contribution is -1.93. The third-order valence-corrected chi connectivity index (χ3v) is 2.55. The smallest absolute Gasteiger partial charge is 0.188 e. The molecular formula is C9H7F3N2OS. The Morgan fingerprint density at radius 3 is 2.75 bits per heavy atom. The minimum Gasteiger partial charge on any atom is -0.396 e. The molecule has 0 radical (unpaired) electrons. The molecular weight excluding hydrogens is 241 g/mol. The van der Waals surface area contributed by atoms with Crippen LogP contribution in [0.5, 0.6) is 0 Å². The van der Waals surface area contributed by atoms with Crippen LogP contribution >= 0.6 is 12.3 Å². The van der Waals surface area contributed by atoms with E-state index in [0.717, 1.165) is 10.2 Å². The van der Waals surface area contributed by atoms with Crippen LogP contribution in [0.2, 0.25) is 0 Å². The molecule has 3 nitrogen and oxygen atoms in total. The standard InChI is InChI=1S/C9H7F3N2OS/c10-5-3-6-8(1-2-15)13-14(16-12)9(6)7(11)4-5/h3-4,15H,1-2H2. The first-order valence-electron chi connectivity index (χ1n) is 4.44. The van der Waals surface area contributed by atoms with Crippen LogP contribution in [0.1, 0.15) is 5.69 Å². The molecule has 0 bridgehead atoms. The molecule has 1 aromatic heterocycles. The molecule has 1 heterocycles. The fraction of sp³-hybridized carbons (Fsp3) is 0.222. The van der Waals surface area contributed by atoms with E-state index in [0.29, 0.717) is 6.07 Å². The molecule has 0 aliphatic carbocycles. The van der Waals surface area contributed by atoms with Crippen molar-refractivity contribution >= 4 is 23.2 Å². The molecule has 0 atom stereocenters. The van der Waals surface area contributed by atoms with Gasteiger partial charge in [-0.1, -0.05) is 0 Å². The van der Waals surface area contributed by atoms with Crippen molar-refractivity contribution in [3.05, 3.63) is 29.5 Å². The number of aliphatic hydroxyl groups is 1. The second kappa shape index (κ2) is 4.34. The first-order valence-corrected chi connectivity index (χ1v) is 5.11. The van der Waals surface area contributed by atoms with Crippen molar-refractivity contribution in [2.45, 2.75) is 6.42 Å². The maximum Gasteiger partial charge on any atom is 0.188 e. The van der Waals surface area contributed by atoms with Gasteiger partial charge in [-0.3, -0.25) is 0 Å². The fourth-order valence-corrected chi connectivity index (χ4v) is 1.92. The summed E-state index contributed by atoms with van der Waals surface area (Å²) in [7, 11) is 0. The van der Waals surface area contributed by atoms with Crippen molar-refractivity contribution in [1.29, 1.82) is 0 Å². The van der Waals surface area contributed by atoms with E-state index in [1.165, 1.54) is 0 Å². The normalized spacial score (nSPS) is 11.2. The van der Waals surface area contributed by atoms with Crippen molar-refractivity contribution in [1.82, 2.24) is 9.19 Å². The SMILES string of the molecule is OCCc1nn(SF)c2c(F)cc(F)cc12. The van der Waals surface area contributed by atoms with Gasteiger partial charge in [0.05, 0.1) is 5.69 Å². The molecule has 86 valence electrons. The Morgan fingerprint density at radius 1 is 1.38 bits per heavy atom. The Morgan fingerprint density at radius 2 is 2.12 bits per heavy atom. The van der Waals surface area contributed by atoms with Crippen molar-refractivity contribution in [2.24, 2.45) is 0 Å². The second-order valence-electron chi connectivity index (χ2n) is 3.15. The van der Waals surface area contributed by atoms with Crippen LogP contribution in [-0.2, 0) is 6.42 Å². The molecule has 0 aliphatic heterocycles. The summed E-state index contributed by atoms with van der Waals surface area (Å²) in [4.78, 5) is 0. The predicted molar refractivity (Wildman–Crippen MR) is 54.5 cm³/mol. The van der Waals surface area contributed by atoms with Crippen LogP contribution < -0.4 is 0 Å². The lowest BCUT2D eigenvalue weighted by atomic mass is 10.1. The van der Waals surface area contributed by atoms with E-state index in [1.54, 1.807) is 0 Å². The van der Waals surface area contributed by atoms with Gasteiger partial charge in [-0.15, -0.1) is 3.89 Å². The molecule has 7 heteroatoms. The monoisotopic (exact) mass is 248 g/mol. The Balaban J connectivity index is 2.74. The van der Waals surface area contributed by atoms with E-state index >= 15 is 0 Å². The molecule has 0 spiro atoms. The third-order valence-electron chi connectivity index (χ3n) is 2.16. The fourth-order valence-electron chi connectivity index (χ4n) is 1.53. The highest BCUT2D eigenvalue weighted by Crippen LogP contribution is 2.26. The van der Waals surface area contributed by atoms with E-state index in [4.69, 9.17) is 5.11 Å². The van der Waals surface area contributed by atoms with Gasteiger partial charge in [-0.25, -0.2) is 8.78 Å². The van der Waals surface area contributed by atoms with Gasteiger partial charge in [-0.05, 0) is 6.07 Å². The number of fused-ring (bicyclic) bond motifs is 1. The molecule has 16 heavy (non-hydrogen) atoms. The summed E-state index contributed by atoms with van der Waals surface area (Å²) in [6.07, 6.45) is 0.118. The molecule has 2 rings (SSSR count). The lowest BCUT2D eigenvalue weighted by Gasteiger charge is -1.96. The minimum absolute atomic E-state index is 0.114. The molecule has 1 aromatic carbocycles. The first-order chi connectivity index (χ1) is 7.67. The molecule has 0 amide bonds. The van der Waals surface area contributed by atoms with E-state index in [2.05, 4.69) is 5.10 Å². The van der Waals surface area contributed by atoms with Gasteiger partial charge in [0.25, 0.3) is 0 Å².